The molecule has 22 heavy (non-hydrogen) atoms. The number of nitrogens with one attached hydrogen (secondary N) is 2. The van der Waals surface area contributed by atoms with E-state index < -0.39 is 0 Å². The lowest BCUT2D eigenvalue weighted by Gasteiger charge is -2.21. The van der Waals surface area contributed by atoms with Gasteiger partial charge in [0.2, 0.25) is 0 Å². The number of hydrogen-bond acceptors (Lipinski definition) is 4. The van der Waals surface area contributed by atoms with E-state index in [1.54, 1.807) is 12.1 Å². The third kappa shape index (κ3) is 2.70. The first kappa shape index (κ1) is 14.3. The lowest BCUT2D eigenvalue weighted by Crippen LogP contribution is -2.17. The predicted octanol–water partition coefficient (Wildman–Crippen LogP) is 3.01. The van der Waals surface area contributed by atoms with Gasteiger partial charge in [-0.3, -0.25) is 4.79 Å². The van der Waals surface area contributed by atoms with E-state index in [0.29, 0.717) is 5.75 Å². The van der Waals surface area contributed by atoms with Crippen molar-refractivity contribution in [3.05, 3.63) is 47.5 Å². The van der Waals surface area contributed by atoms with E-state index in [1.165, 1.54) is 13.2 Å². The number of phenolic OH excluding ortho intramolecular Hbond substituents is 1. The van der Waals surface area contributed by atoms with Gasteiger partial charge in [0, 0.05) is 24.0 Å². The Balaban J connectivity index is 1.86. The number of fused-ring (bicyclic) bond motifs is 1. The van der Waals surface area contributed by atoms with Crippen molar-refractivity contribution in [1.29, 1.82) is 0 Å². The third-order valence-corrected chi connectivity index (χ3v) is 3.79. The summed E-state index contributed by atoms with van der Waals surface area (Å²) in [6.07, 6.45) is 1.96. The van der Waals surface area contributed by atoms with Gasteiger partial charge in [0.25, 0.3) is 5.91 Å². The Labute approximate surface area is 128 Å². The fourth-order valence-corrected chi connectivity index (χ4v) is 2.65. The fourth-order valence-electron chi connectivity index (χ4n) is 2.65. The molecule has 2 aromatic rings. The van der Waals surface area contributed by atoms with Crippen molar-refractivity contribution in [2.24, 2.45) is 0 Å². The number of rotatable bonds is 3. The topological polar surface area (TPSA) is 70.6 Å². The zero-order chi connectivity index (χ0) is 15.5. The van der Waals surface area contributed by atoms with Crippen LogP contribution in [-0.2, 0) is 6.42 Å². The molecule has 0 saturated carbocycles. The van der Waals surface area contributed by atoms with Gasteiger partial charge in [-0.25, -0.2) is 0 Å². The maximum Gasteiger partial charge on any atom is 0.259 e. The van der Waals surface area contributed by atoms with Crippen molar-refractivity contribution < 1.29 is 14.6 Å². The van der Waals surface area contributed by atoms with Gasteiger partial charge >= 0.3 is 0 Å². The van der Waals surface area contributed by atoms with Crippen molar-refractivity contribution >= 4 is 17.3 Å². The third-order valence-electron chi connectivity index (χ3n) is 3.79. The van der Waals surface area contributed by atoms with E-state index in [4.69, 9.17) is 4.74 Å². The molecule has 1 heterocycles. The van der Waals surface area contributed by atoms with E-state index in [2.05, 4.69) is 10.6 Å². The number of methoxy groups -OCH3 is 1. The molecule has 3 rings (SSSR count). The first-order valence-corrected chi connectivity index (χ1v) is 7.23. The summed E-state index contributed by atoms with van der Waals surface area (Å²) in [4.78, 5) is 12.4. The Bertz CT molecular complexity index is 713. The lowest BCUT2D eigenvalue weighted by atomic mass is 10.0. The number of hydrogen-bond donors (Lipinski definition) is 3. The number of anilines is 2. The molecule has 0 aromatic heterocycles. The van der Waals surface area contributed by atoms with Crippen LogP contribution >= 0.6 is 0 Å². The average Bonchev–Trinajstić information content (AvgIpc) is 2.55. The minimum absolute atomic E-state index is 0.0974. The predicted molar refractivity (Wildman–Crippen MR) is 85.9 cm³/mol. The lowest BCUT2D eigenvalue weighted by molar-refractivity contribution is 0.102. The number of carbonyl (C=O) groups excluding carboxylic acids is 1. The van der Waals surface area contributed by atoms with Crippen molar-refractivity contribution in [2.75, 3.05) is 24.3 Å². The number of benzene rings is 2. The molecule has 0 bridgehead atoms. The Kier molecular flexibility index (Phi) is 3.87. The molecule has 1 amide bonds. The molecule has 0 aliphatic carbocycles. The van der Waals surface area contributed by atoms with Crippen LogP contribution in [0.1, 0.15) is 22.3 Å². The van der Waals surface area contributed by atoms with Gasteiger partial charge < -0.3 is 20.5 Å². The van der Waals surface area contributed by atoms with Gasteiger partial charge in [0.15, 0.2) is 0 Å². The van der Waals surface area contributed by atoms with Crippen molar-refractivity contribution in [1.82, 2.24) is 0 Å². The number of ether oxygens (including phenoxy) is 1. The second kappa shape index (κ2) is 5.97. The van der Waals surface area contributed by atoms with Crippen LogP contribution in [0.3, 0.4) is 0 Å². The standard InChI is InChI=1S/C17H18N2O3/c1-22-11-7-8-13(16(20)10-11)17(21)19-15-6-2-5-14-12(15)4-3-9-18-14/h2,5-8,10,18,20H,3-4,9H2,1H3,(H,19,21). The number of phenols is 1. The Morgan fingerprint density at radius 1 is 1.32 bits per heavy atom. The smallest absolute Gasteiger partial charge is 0.259 e. The minimum atomic E-state index is -0.334. The second-order valence-electron chi connectivity index (χ2n) is 5.20. The highest BCUT2D eigenvalue weighted by Gasteiger charge is 2.17. The summed E-state index contributed by atoms with van der Waals surface area (Å²) in [6, 6.07) is 10.4. The van der Waals surface area contributed by atoms with E-state index in [0.717, 1.165) is 36.3 Å². The highest BCUT2D eigenvalue weighted by atomic mass is 16.5. The van der Waals surface area contributed by atoms with Gasteiger partial charge in [-0.1, -0.05) is 6.07 Å². The van der Waals surface area contributed by atoms with E-state index in [1.807, 2.05) is 18.2 Å². The minimum Gasteiger partial charge on any atom is -0.507 e. The number of aromatic hydroxyl groups is 1. The first-order valence-electron chi connectivity index (χ1n) is 7.23. The molecule has 0 spiro atoms. The van der Waals surface area contributed by atoms with Crippen molar-refractivity contribution in [3.63, 3.8) is 0 Å². The van der Waals surface area contributed by atoms with E-state index >= 15 is 0 Å². The molecule has 5 nitrogen and oxygen atoms in total. The molecule has 1 aliphatic heterocycles. The normalized spacial score (nSPS) is 13.0. The van der Waals surface area contributed by atoms with Crippen LogP contribution < -0.4 is 15.4 Å². The molecule has 5 heteroatoms. The summed E-state index contributed by atoms with van der Waals surface area (Å²) in [6.45, 7) is 0.948. The molecular formula is C17H18N2O3. The SMILES string of the molecule is COc1ccc(C(=O)Nc2cccc3c2CCCN3)c(O)c1. The van der Waals surface area contributed by atoms with E-state index in [-0.39, 0.29) is 17.2 Å². The zero-order valence-corrected chi connectivity index (χ0v) is 12.3. The largest absolute Gasteiger partial charge is 0.507 e. The maximum atomic E-state index is 12.4. The second-order valence-corrected chi connectivity index (χ2v) is 5.20. The number of amides is 1. The molecule has 1 aliphatic rings. The van der Waals surface area contributed by atoms with Crippen LogP contribution in [0, 0.1) is 0 Å². The maximum absolute atomic E-state index is 12.4. The molecule has 0 unspecified atom stereocenters. The molecular weight excluding hydrogens is 280 g/mol. The van der Waals surface area contributed by atoms with Crippen molar-refractivity contribution in [3.8, 4) is 11.5 Å². The molecule has 3 N–H and O–H groups in total. The Morgan fingerprint density at radius 2 is 2.18 bits per heavy atom. The molecule has 0 fully saturated rings. The number of carbonyl (C=O) groups is 1. The molecule has 0 radical (unpaired) electrons. The summed E-state index contributed by atoms with van der Waals surface area (Å²) in [5.41, 5.74) is 3.17. The van der Waals surface area contributed by atoms with Gasteiger partial charge in [0.1, 0.15) is 11.5 Å². The zero-order valence-electron chi connectivity index (χ0n) is 12.3. The quantitative estimate of drug-likeness (QED) is 0.814. The van der Waals surface area contributed by atoms with Crippen LogP contribution in [0.4, 0.5) is 11.4 Å². The molecule has 114 valence electrons. The highest BCUT2D eigenvalue weighted by molar-refractivity contribution is 6.07. The summed E-state index contributed by atoms with van der Waals surface area (Å²) in [5.74, 6) is 0.0780. The van der Waals surface area contributed by atoms with Crippen LogP contribution in [0.2, 0.25) is 0 Å². The highest BCUT2D eigenvalue weighted by Crippen LogP contribution is 2.30. The van der Waals surface area contributed by atoms with Crippen molar-refractivity contribution in [2.45, 2.75) is 12.8 Å². The van der Waals surface area contributed by atoms with Crippen LogP contribution in [-0.4, -0.2) is 24.7 Å². The first-order chi connectivity index (χ1) is 10.7. The van der Waals surface area contributed by atoms with Gasteiger partial charge in [-0.15, -0.1) is 0 Å². The average molecular weight is 298 g/mol. The summed E-state index contributed by atoms with van der Waals surface area (Å²) < 4.78 is 5.02. The molecule has 0 saturated heterocycles. The summed E-state index contributed by atoms with van der Waals surface area (Å²) in [5, 5.41) is 16.2. The molecule has 0 atom stereocenters. The van der Waals surface area contributed by atoms with Gasteiger partial charge in [-0.05, 0) is 42.7 Å². The van der Waals surface area contributed by atoms with Crippen LogP contribution in [0.15, 0.2) is 36.4 Å². The van der Waals surface area contributed by atoms with Gasteiger partial charge in [0.05, 0.1) is 12.7 Å². The van der Waals surface area contributed by atoms with Crippen LogP contribution in [0.5, 0.6) is 11.5 Å². The summed E-state index contributed by atoms with van der Waals surface area (Å²) >= 11 is 0. The van der Waals surface area contributed by atoms with Gasteiger partial charge in [-0.2, -0.15) is 0 Å². The van der Waals surface area contributed by atoms with E-state index in [9.17, 15) is 9.90 Å². The monoisotopic (exact) mass is 298 g/mol. The molecule has 2 aromatic carbocycles. The Morgan fingerprint density at radius 3 is 2.95 bits per heavy atom. The summed E-state index contributed by atoms with van der Waals surface area (Å²) in [7, 11) is 1.51. The van der Waals surface area contributed by atoms with Crippen LogP contribution in [0.25, 0.3) is 0 Å². The Hall–Kier alpha value is -2.69. The fraction of sp³-hybridized carbons (Fsp3) is 0.235.